The second-order valence-electron chi connectivity index (χ2n) is 18.2. The first-order valence-electron chi connectivity index (χ1n) is 23.7. The van der Waals surface area contributed by atoms with Crippen LogP contribution in [0.25, 0.3) is 22.3 Å². The molecular formula is C55H59N7O6. The Bertz CT molecular complexity index is 2450. The van der Waals surface area contributed by atoms with Crippen molar-refractivity contribution in [3.8, 4) is 45.9 Å². The van der Waals surface area contributed by atoms with E-state index in [2.05, 4.69) is 69.2 Å². The summed E-state index contributed by atoms with van der Waals surface area (Å²) in [5.74, 6) is 8.78. The number of likely N-dealkylation sites (N-methyl/N-ethyl adjacent to an activating group) is 1. The van der Waals surface area contributed by atoms with Gasteiger partial charge >= 0.3 is 0 Å². The number of carbonyl (C=O) groups is 6. The first-order valence-corrected chi connectivity index (χ1v) is 23.7. The monoisotopic (exact) mass is 913 g/mol. The summed E-state index contributed by atoms with van der Waals surface area (Å²) in [5.41, 5.74) is 14.4. The third-order valence-corrected chi connectivity index (χ3v) is 13.9. The maximum Gasteiger partial charge on any atom is 0.246 e. The van der Waals surface area contributed by atoms with Crippen molar-refractivity contribution in [2.45, 2.75) is 101 Å². The zero-order valence-corrected chi connectivity index (χ0v) is 38.8. The summed E-state index contributed by atoms with van der Waals surface area (Å²) in [6.45, 7) is 4.14. The predicted octanol–water partition coefficient (Wildman–Crippen LogP) is 4.59. The number of carbonyl (C=O) groups excluding carboxylic acids is 6. The van der Waals surface area contributed by atoms with E-state index >= 15 is 0 Å². The molecular weight excluding hydrogens is 855 g/mol. The van der Waals surface area contributed by atoms with Crippen LogP contribution in [-0.2, 0) is 28.8 Å². The quantitative estimate of drug-likeness (QED) is 0.107. The smallest absolute Gasteiger partial charge is 0.246 e. The molecule has 0 radical (unpaired) electrons. The Balaban J connectivity index is 0.948. The summed E-state index contributed by atoms with van der Waals surface area (Å²) >= 11 is 0. The van der Waals surface area contributed by atoms with Crippen molar-refractivity contribution in [3.63, 3.8) is 0 Å². The number of nitrogens with two attached hydrogens (primary N) is 1. The van der Waals surface area contributed by atoms with Crippen molar-refractivity contribution < 1.29 is 28.8 Å². The number of likely N-dealkylation sites (tertiary alicyclic amines) is 2. The summed E-state index contributed by atoms with van der Waals surface area (Å²) in [6.07, 6.45) is 2.31. The molecule has 2 saturated heterocycles. The van der Waals surface area contributed by atoms with Gasteiger partial charge in [0, 0.05) is 50.7 Å². The third-order valence-electron chi connectivity index (χ3n) is 13.9. The van der Waals surface area contributed by atoms with Crippen LogP contribution < -0.4 is 27.0 Å². The SMILES string of the molecule is CN[C@@H](C)C(=O)N[C@@H](CC#CC#CC[C@H](NC(=O)[C@H](C)CN)C(=O)N1CCC[C@H]1C(=O)CC1c2ccccc2-c2ccccc21)C(=O)N1CCC[C@H]1C(=O)NC1c2ccccc2-c2ccccc21. The number of benzene rings is 4. The van der Waals surface area contributed by atoms with Crippen LogP contribution in [0.4, 0.5) is 0 Å². The number of ketones is 1. The first-order chi connectivity index (χ1) is 33.0. The standard InChI is InChI=1S/C55H59N7O6/c1-34(33-56)51(64)58-45(54(67)61-30-16-28-47(61)49(63)32-44-40-22-10-8-18-36(40)37-19-9-11-23-41(37)44)26-6-4-5-7-27-46(59-52(65)35(2)57-3)55(68)62-31-17-29-48(62)53(66)60-50-42-24-14-12-20-38(42)39-21-13-15-25-43(39)50/h8-15,18-25,34-35,44-48,50,57H,16-17,26-33,56H2,1-3H3,(H,58,64)(H,59,65)(H,60,66)/t34-,35+,45+,46+,47+,48+/m1/s1. The van der Waals surface area contributed by atoms with E-state index in [1.54, 1.807) is 25.8 Å². The van der Waals surface area contributed by atoms with Gasteiger partial charge in [0.05, 0.1) is 18.1 Å². The van der Waals surface area contributed by atoms with Crippen LogP contribution in [0.15, 0.2) is 97.1 Å². The molecule has 0 unspecified atom stereocenters. The molecule has 8 rings (SSSR count). The first kappa shape index (κ1) is 47.4. The van der Waals surface area contributed by atoms with Crippen molar-refractivity contribution in [2.75, 3.05) is 26.7 Å². The normalized spacial score (nSPS) is 18.5. The molecule has 6 N–H and O–H groups in total. The van der Waals surface area contributed by atoms with Crippen molar-refractivity contribution in [2.24, 2.45) is 11.7 Å². The average Bonchev–Trinajstić information content (AvgIpc) is 4.18. The predicted molar refractivity (Wildman–Crippen MR) is 260 cm³/mol. The highest BCUT2D eigenvalue weighted by atomic mass is 16.2. The van der Waals surface area contributed by atoms with Crippen molar-refractivity contribution in [1.29, 1.82) is 0 Å². The lowest BCUT2D eigenvalue weighted by atomic mass is 9.89. The van der Waals surface area contributed by atoms with Gasteiger partial charge in [-0.1, -0.05) is 116 Å². The fraction of sp³-hybridized carbons (Fsp3) is 0.382. The number of nitrogens with one attached hydrogen (secondary N) is 4. The molecule has 0 spiro atoms. The van der Waals surface area contributed by atoms with E-state index in [1.165, 1.54) is 4.90 Å². The van der Waals surface area contributed by atoms with Gasteiger partial charge in [0.1, 0.15) is 18.1 Å². The minimum absolute atomic E-state index is 0.0312. The zero-order valence-electron chi connectivity index (χ0n) is 38.8. The Morgan fingerprint density at radius 3 is 1.57 bits per heavy atom. The van der Waals surface area contributed by atoms with E-state index in [0.29, 0.717) is 38.8 Å². The summed E-state index contributed by atoms with van der Waals surface area (Å²) in [6, 6.07) is 27.7. The lowest BCUT2D eigenvalue weighted by Crippen LogP contribution is -2.55. The summed E-state index contributed by atoms with van der Waals surface area (Å²) in [5, 5.41) is 11.8. The molecule has 4 aliphatic rings. The molecule has 2 heterocycles. The Hall–Kier alpha value is -7.06. The highest BCUT2D eigenvalue weighted by Gasteiger charge is 2.42. The van der Waals surface area contributed by atoms with E-state index in [9.17, 15) is 28.8 Å². The van der Waals surface area contributed by atoms with E-state index in [4.69, 9.17) is 5.73 Å². The van der Waals surface area contributed by atoms with E-state index < -0.39 is 59.8 Å². The maximum absolute atomic E-state index is 14.3. The van der Waals surface area contributed by atoms with Gasteiger partial charge in [-0.15, -0.1) is 0 Å². The molecule has 2 fully saturated rings. The number of hydrogen-bond acceptors (Lipinski definition) is 8. The molecule has 4 aromatic carbocycles. The van der Waals surface area contributed by atoms with Crippen molar-refractivity contribution >= 4 is 35.3 Å². The van der Waals surface area contributed by atoms with Gasteiger partial charge < -0.3 is 36.8 Å². The highest BCUT2D eigenvalue weighted by Crippen LogP contribution is 2.47. The molecule has 0 saturated carbocycles. The maximum atomic E-state index is 14.3. The number of nitrogens with zero attached hydrogens (tertiary/aromatic N) is 2. The van der Waals surface area contributed by atoms with Gasteiger partial charge in [0.2, 0.25) is 29.5 Å². The Morgan fingerprint density at radius 1 is 0.632 bits per heavy atom. The van der Waals surface area contributed by atoms with E-state index in [1.807, 2.05) is 72.8 Å². The fourth-order valence-corrected chi connectivity index (χ4v) is 10.1. The van der Waals surface area contributed by atoms with Gasteiger partial charge in [0.25, 0.3) is 0 Å². The Labute approximate surface area is 398 Å². The topological polar surface area (TPSA) is 183 Å². The lowest BCUT2D eigenvalue weighted by molar-refractivity contribution is -0.141. The van der Waals surface area contributed by atoms with Crippen LogP contribution in [0.2, 0.25) is 0 Å². The van der Waals surface area contributed by atoms with Crippen LogP contribution >= 0.6 is 0 Å². The van der Waals surface area contributed by atoms with Gasteiger partial charge in [-0.3, -0.25) is 28.8 Å². The van der Waals surface area contributed by atoms with Crippen LogP contribution in [0.3, 0.4) is 0 Å². The van der Waals surface area contributed by atoms with Crippen LogP contribution in [0.5, 0.6) is 0 Å². The molecule has 13 heteroatoms. The molecule has 6 atom stereocenters. The van der Waals surface area contributed by atoms with Crippen LogP contribution in [0, 0.1) is 29.6 Å². The number of hydrogen-bond donors (Lipinski definition) is 5. The minimum Gasteiger partial charge on any atom is -0.343 e. The molecule has 350 valence electrons. The van der Waals surface area contributed by atoms with Gasteiger partial charge in [-0.25, -0.2) is 0 Å². The zero-order chi connectivity index (χ0) is 47.9. The number of rotatable bonds is 15. The highest BCUT2D eigenvalue weighted by molar-refractivity contribution is 5.96. The van der Waals surface area contributed by atoms with Crippen LogP contribution in [-0.4, -0.2) is 102 Å². The number of Topliss-reactive ketones (excluding diaryl/α,β-unsaturated/α-hetero) is 1. The molecule has 4 aromatic rings. The molecule has 2 aliphatic carbocycles. The molecule has 0 bridgehead atoms. The number of amides is 5. The molecule has 13 nitrogen and oxygen atoms in total. The fourth-order valence-electron chi connectivity index (χ4n) is 10.1. The van der Waals surface area contributed by atoms with Crippen molar-refractivity contribution in [1.82, 2.24) is 31.1 Å². The Morgan fingerprint density at radius 2 is 1.07 bits per heavy atom. The molecule has 2 aliphatic heterocycles. The van der Waals surface area contributed by atoms with E-state index in [0.717, 1.165) is 44.5 Å². The number of fused-ring (bicyclic) bond motifs is 6. The van der Waals surface area contributed by atoms with Gasteiger partial charge in [-0.2, -0.15) is 0 Å². The minimum atomic E-state index is -1.07. The molecule has 0 aromatic heterocycles. The summed E-state index contributed by atoms with van der Waals surface area (Å²) < 4.78 is 0. The second-order valence-corrected chi connectivity index (χ2v) is 18.2. The Kier molecular flexibility index (Phi) is 14.8. The third kappa shape index (κ3) is 9.82. The summed E-state index contributed by atoms with van der Waals surface area (Å²) in [7, 11) is 1.64. The van der Waals surface area contributed by atoms with Gasteiger partial charge in [-0.05, 0) is 96.0 Å². The van der Waals surface area contributed by atoms with E-state index in [-0.39, 0.29) is 49.5 Å². The molecule has 5 amide bonds. The lowest BCUT2D eigenvalue weighted by Gasteiger charge is -2.29. The molecule has 68 heavy (non-hydrogen) atoms. The second kappa shape index (κ2) is 21.3. The summed E-state index contributed by atoms with van der Waals surface area (Å²) in [4.78, 5) is 86.3. The van der Waals surface area contributed by atoms with Gasteiger partial charge in [0.15, 0.2) is 5.78 Å². The average molecular weight is 914 g/mol. The largest absolute Gasteiger partial charge is 0.343 e. The van der Waals surface area contributed by atoms with Crippen molar-refractivity contribution in [3.05, 3.63) is 119 Å². The van der Waals surface area contributed by atoms with Crippen LogP contribution in [0.1, 0.15) is 93.0 Å².